The van der Waals surface area contributed by atoms with Gasteiger partial charge in [0.1, 0.15) is 11.7 Å². The van der Waals surface area contributed by atoms with E-state index < -0.39 is 86.6 Å². The number of hydrogen-bond acceptors (Lipinski definition) is 11. The third kappa shape index (κ3) is 3.62. The van der Waals surface area contributed by atoms with Crippen molar-refractivity contribution < 1.29 is 53.4 Å². The Kier molecular flexibility index (Phi) is 6.70. The SMILES string of the molecule is COc1cc(CC(=O)OC[C@]23C[C@@]4(O)C(=O)[C@@]2(C)[C@@H]2[C@H]3[C@H]3[C@@H]5C(C)(C)[C@]5(OC(C)=O)[C@H](OC(=O)Cc5ccccc5)[C@@H](C)[C@]3(O)[C@H]24)ccc1O. The molecule has 0 radical (unpaired) electrons. The van der Waals surface area contributed by atoms with Gasteiger partial charge in [-0.1, -0.05) is 64.1 Å². The van der Waals surface area contributed by atoms with Crippen LogP contribution in [-0.4, -0.2) is 75.6 Å². The molecule has 6 aliphatic carbocycles. The van der Waals surface area contributed by atoms with Crippen molar-refractivity contribution in [3.63, 3.8) is 0 Å². The van der Waals surface area contributed by atoms with Gasteiger partial charge in [0.2, 0.25) is 0 Å². The molecule has 2 aromatic rings. The number of aromatic hydroxyl groups is 1. The second-order valence-electron chi connectivity index (χ2n) is 16.5. The Morgan fingerprint density at radius 2 is 1.58 bits per heavy atom. The molecular weight excluding hydrogens is 644 g/mol. The van der Waals surface area contributed by atoms with Crippen molar-refractivity contribution in [2.75, 3.05) is 13.7 Å². The van der Waals surface area contributed by atoms with E-state index >= 15 is 0 Å². The number of rotatable bonds is 9. The largest absolute Gasteiger partial charge is 0.504 e. The molecule has 6 saturated carbocycles. The molecule has 0 unspecified atom stereocenters. The van der Waals surface area contributed by atoms with Gasteiger partial charge in [0.05, 0.1) is 32.2 Å². The van der Waals surface area contributed by atoms with Gasteiger partial charge >= 0.3 is 17.9 Å². The molecule has 0 aliphatic heterocycles. The molecule has 0 aromatic heterocycles. The van der Waals surface area contributed by atoms with Crippen LogP contribution in [0.1, 0.15) is 52.2 Å². The highest BCUT2D eigenvalue weighted by molar-refractivity contribution is 6.01. The zero-order valence-electron chi connectivity index (χ0n) is 29.1. The van der Waals surface area contributed by atoms with Crippen molar-refractivity contribution in [2.45, 2.75) is 76.8 Å². The highest BCUT2D eigenvalue weighted by atomic mass is 16.6. The summed E-state index contributed by atoms with van der Waals surface area (Å²) in [5, 5.41) is 35.5. The molecule has 6 aliphatic rings. The summed E-state index contributed by atoms with van der Waals surface area (Å²) in [5.41, 5.74) is -6.22. The summed E-state index contributed by atoms with van der Waals surface area (Å²) >= 11 is 0. The summed E-state index contributed by atoms with van der Waals surface area (Å²) in [4.78, 5) is 53.8. The van der Waals surface area contributed by atoms with Crippen LogP contribution in [0.3, 0.4) is 0 Å². The lowest BCUT2D eigenvalue weighted by Gasteiger charge is -2.65. The number of methoxy groups -OCH3 is 1. The van der Waals surface area contributed by atoms with Crippen LogP contribution in [-0.2, 0) is 46.2 Å². The molecule has 0 heterocycles. The van der Waals surface area contributed by atoms with Gasteiger partial charge in [-0.15, -0.1) is 0 Å². The van der Waals surface area contributed by atoms with E-state index in [0.717, 1.165) is 5.56 Å². The molecule has 266 valence electrons. The van der Waals surface area contributed by atoms with E-state index in [1.54, 1.807) is 19.1 Å². The fourth-order valence-electron chi connectivity index (χ4n) is 12.7. The van der Waals surface area contributed by atoms with Crippen LogP contribution in [0.5, 0.6) is 11.5 Å². The zero-order valence-corrected chi connectivity index (χ0v) is 29.1. The number of fused-ring (bicyclic) bond motifs is 8. The fraction of sp³-hybridized carbons (Fsp3) is 0.590. The first-order valence-electron chi connectivity index (χ1n) is 17.4. The molecule has 11 heteroatoms. The lowest BCUT2D eigenvalue weighted by atomic mass is 9.37. The highest BCUT2D eigenvalue weighted by Crippen LogP contribution is 2.93. The van der Waals surface area contributed by atoms with Crippen LogP contribution in [0.4, 0.5) is 0 Å². The monoisotopic (exact) mass is 688 g/mol. The van der Waals surface area contributed by atoms with Gasteiger partial charge < -0.3 is 34.3 Å². The lowest BCUT2D eigenvalue weighted by molar-refractivity contribution is -0.237. The van der Waals surface area contributed by atoms with Crippen LogP contribution in [0, 0.1) is 51.8 Å². The van der Waals surface area contributed by atoms with Crippen LogP contribution in [0.2, 0.25) is 0 Å². The van der Waals surface area contributed by atoms with Crippen molar-refractivity contribution in [2.24, 2.45) is 51.8 Å². The second-order valence-corrected chi connectivity index (χ2v) is 16.5. The fourth-order valence-corrected chi connectivity index (χ4v) is 12.7. The number of phenolic OH excluding ortho intramolecular Hbond substituents is 1. The van der Waals surface area contributed by atoms with Crippen LogP contribution < -0.4 is 4.74 Å². The zero-order chi connectivity index (χ0) is 36.0. The third-order valence-corrected chi connectivity index (χ3v) is 14.4. The molecule has 8 rings (SSSR count). The Hall–Kier alpha value is -3.96. The molecule has 12 atom stereocenters. The maximum absolute atomic E-state index is 14.2. The minimum absolute atomic E-state index is 0.0201. The smallest absolute Gasteiger partial charge is 0.310 e. The molecular formula is C39H44O11. The van der Waals surface area contributed by atoms with Gasteiger partial charge in [-0.05, 0) is 47.4 Å². The van der Waals surface area contributed by atoms with Crippen molar-refractivity contribution in [1.82, 2.24) is 0 Å². The quantitative estimate of drug-likeness (QED) is 0.262. The van der Waals surface area contributed by atoms with Crippen LogP contribution in [0.15, 0.2) is 48.5 Å². The number of ether oxygens (including phenoxy) is 4. The highest BCUT2D eigenvalue weighted by Gasteiger charge is 3.01. The number of ketones is 1. The molecule has 2 bridgehead atoms. The molecule has 2 aromatic carbocycles. The average molecular weight is 689 g/mol. The van der Waals surface area contributed by atoms with E-state index in [-0.39, 0.29) is 49.1 Å². The van der Waals surface area contributed by atoms with Crippen LogP contribution >= 0.6 is 0 Å². The third-order valence-electron chi connectivity index (χ3n) is 14.4. The number of aliphatic hydroxyl groups is 2. The average Bonchev–Trinajstić information content (AvgIpc) is 3.27. The van der Waals surface area contributed by atoms with Crippen molar-refractivity contribution in [3.05, 3.63) is 59.7 Å². The van der Waals surface area contributed by atoms with E-state index in [1.165, 1.54) is 20.1 Å². The Morgan fingerprint density at radius 1 is 0.900 bits per heavy atom. The molecule has 0 saturated heterocycles. The summed E-state index contributed by atoms with van der Waals surface area (Å²) in [7, 11) is 1.41. The number of Topliss-reactive ketones (excluding diaryl/α,β-unsaturated/α-hetero) is 1. The first-order chi connectivity index (χ1) is 23.5. The van der Waals surface area contributed by atoms with Gasteiger partial charge in [0.25, 0.3) is 0 Å². The number of hydrogen-bond donors (Lipinski definition) is 3. The van der Waals surface area contributed by atoms with E-state index in [9.17, 15) is 34.5 Å². The Bertz CT molecular complexity index is 1840. The van der Waals surface area contributed by atoms with Gasteiger partial charge in [0, 0.05) is 40.9 Å². The predicted octanol–water partition coefficient (Wildman–Crippen LogP) is 3.18. The molecule has 0 spiro atoms. The van der Waals surface area contributed by atoms with Gasteiger partial charge in [0.15, 0.2) is 22.9 Å². The minimum atomic E-state index is -1.87. The number of esters is 3. The lowest BCUT2D eigenvalue weighted by Crippen LogP contribution is -2.67. The van der Waals surface area contributed by atoms with E-state index in [2.05, 4.69) is 0 Å². The van der Waals surface area contributed by atoms with Gasteiger partial charge in [-0.25, -0.2) is 0 Å². The maximum Gasteiger partial charge on any atom is 0.310 e. The molecule has 6 fully saturated rings. The maximum atomic E-state index is 14.2. The summed E-state index contributed by atoms with van der Waals surface area (Å²) < 4.78 is 23.6. The first kappa shape index (κ1) is 33.2. The van der Waals surface area contributed by atoms with Gasteiger partial charge in [-0.3, -0.25) is 19.2 Å². The van der Waals surface area contributed by atoms with Crippen LogP contribution in [0.25, 0.3) is 0 Å². The Balaban J connectivity index is 1.15. The topological polar surface area (TPSA) is 166 Å². The summed E-state index contributed by atoms with van der Waals surface area (Å²) in [6, 6.07) is 13.7. The predicted molar refractivity (Wildman–Crippen MR) is 174 cm³/mol. The van der Waals surface area contributed by atoms with E-state index in [4.69, 9.17) is 18.9 Å². The normalized spacial score (nSPS) is 43.3. The van der Waals surface area contributed by atoms with E-state index in [0.29, 0.717) is 5.56 Å². The Labute approximate surface area is 290 Å². The Morgan fingerprint density at radius 3 is 2.22 bits per heavy atom. The summed E-state index contributed by atoms with van der Waals surface area (Å²) in [5.74, 6) is -5.19. The molecule has 3 N–H and O–H groups in total. The second kappa shape index (κ2) is 10.1. The minimum Gasteiger partial charge on any atom is -0.504 e. The van der Waals surface area contributed by atoms with Crippen molar-refractivity contribution in [3.8, 4) is 11.5 Å². The summed E-state index contributed by atoms with van der Waals surface area (Å²) in [6.07, 6.45) is -1.14. The number of phenols is 1. The standard InChI is InChI=1S/C39H44O11/c1-19-32(49-26(43)15-21-10-8-7-9-11-21)39(50-20(2)40)30(34(39,3)4)29-27-28-31(38(19,29)46)37(45)17-36(27,35(28,5)33(37)44)18-48-25(42)16-22-12-13-23(41)24(14-22)47-6/h7-14,19,27-32,41,45-46H,15-18H2,1-6H3/t19-,27+,28-,29+,30-,31-,32-,35-,36+,37+,38-,39-/m1/s1. The van der Waals surface area contributed by atoms with Gasteiger partial charge in [-0.2, -0.15) is 0 Å². The van der Waals surface area contributed by atoms with Crippen molar-refractivity contribution >= 4 is 23.7 Å². The number of benzene rings is 2. The summed E-state index contributed by atoms with van der Waals surface area (Å²) in [6.45, 7) is 8.68. The molecule has 0 amide bonds. The van der Waals surface area contributed by atoms with E-state index in [1.807, 2.05) is 51.1 Å². The molecule has 50 heavy (non-hydrogen) atoms. The molecule has 11 nitrogen and oxygen atoms in total. The number of carbonyl (C=O) groups excluding carboxylic acids is 4. The number of carbonyl (C=O) groups is 4. The first-order valence-corrected chi connectivity index (χ1v) is 17.4. The van der Waals surface area contributed by atoms with Crippen molar-refractivity contribution in [1.29, 1.82) is 0 Å².